The quantitative estimate of drug-likeness (QED) is 0.859. The Balaban J connectivity index is 0.00000169. The maximum Gasteiger partial charge on any atom is 0.253 e. The molecule has 2 fully saturated rings. The summed E-state index contributed by atoms with van der Waals surface area (Å²) in [5.41, 5.74) is 2.78. The number of likely N-dealkylation sites (N-methyl/N-ethyl adjacent to an activating group) is 1. The number of nitrogens with zero attached hydrogens (tertiary/aromatic N) is 1. The first-order valence-electron chi connectivity index (χ1n) is 8.49. The van der Waals surface area contributed by atoms with Gasteiger partial charge in [0.05, 0.1) is 0 Å². The number of benzene rings is 1. The summed E-state index contributed by atoms with van der Waals surface area (Å²) in [5.74, 6) is 0.297. The van der Waals surface area contributed by atoms with Crippen molar-refractivity contribution in [3.05, 3.63) is 29.3 Å². The summed E-state index contributed by atoms with van der Waals surface area (Å²) >= 11 is 0. The first-order chi connectivity index (χ1) is 11.1. The largest absolute Gasteiger partial charge is 0.341 e. The fourth-order valence-corrected chi connectivity index (χ4v) is 4.09. The lowest BCUT2D eigenvalue weighted by molar-refractivity contribution is -0.118. The van der Waals surface area contributed by atoms with E-state index in [2.05, 4.69) is 10.6 Å². The topological polar surface area (TPSA) is 61.4 Å². The third-order valence-corrected chi connectivity index (χ3v) is 5.78. The molecule has 6 heteroatoms. The van der Waals surface area contributed by atoms with Crippen LogP contribution in [-0.4, -0.2) is 43.4 Å². The van der Waals surface area contributed by atoms with Gasteiger partial charge < -0.3 is 15.5 Å². The van der Waals surface area contributed by atoms with Crippen molar-refractivity contribution in [2.75, 3.05) is 32.0 Å². The minimum atomic E-state index is 0. The zero-order valence-electron chi connectivity index (χ0n) is 13.9. The number of halogens is 1. The number of hydrogen-bond acceptors (Lipinski definition) is 3. The standard InChI is InChI=1S/C18H23N3O2.ClH/c1-21-9-4-12-2-3-13(10-14(12)17(21)23)20-16(22)15-11-18(15)5-7-19-8-6-18;/h2-3,10,15,19H,4-9,11H2,1H3,(H,20,22);1H. The van der Waals surface area contributed by atoms with E-state index in [1.807, 2.05) is 25.2 Å². The highest BCUT2D eigenvalue weighted by Crippen LogP contribution is 2.58. The van der Waals surface area contributed by atoms with Crippen molar-refractivity contribution in [2.45, 2.75) is 25.7 Å². The molecule has 1 aliphatic carbocycles. The number of fused-ring (bicyclic) bond motifs is 1. The molecule has 2 N–H and O–H groups in total. The number of amides is 2. The van der Waals surface area contributed by atoms with Crippen molar-refractivity contribution < 1.29 is 9.59 Å². The molecule has 1 unspecified atom stereocenters. The molecule has 2 aliphatic heterocycles. The van der Waals surface area contributed by atoms with Crippen LogP contribution in [0.5, 0.6) is 0 Å². The molecule has 0 radical (unpaired) electrons. The average molecular weight is 350 g/mol. The average Bonchev–Trinajstić information content (AvgIpc) is 3.25. The van der Waals surface area contributed by atoms with Crippen molar-refractivity contribution in [3.63, 3.8) is 0 Å². The number of carbonyl (C=O) groups excluding carboxylic acids is 2. The van der Waals surface area contributed by atoms with E-state index in [9.17, 15) is 9.59 Å². The smallest absolute Gasteiger partial charge is 0.253 e. The number of anilines is 1. The summed E-state index contributed by atoms with van der Waals surface area (Å²) in [7, 11) is 1.82. The van der Waals surface area contributed by atoms with E-state index in [0.717, 1.165) is 62.1 Å². The van der Waals surface area contributed by atoms with E-state index in [0.29, 0.717) is 0 Å². The Morgan fingerprint density at radius 1 is 1.33 bits per heavy atom. The molecule has 3 aliphatic rings. The third kappa shape index (κ3) is 2.91. The van der Waals surface area contributed by atoms with Crippen LogP contribution >= 0.6 is 12.4 Å². The number of carbonyl (C=O) groups is 2. The molecule has 1 aromatic carbocycles. The van der Waals surface area contributed by atoms with Crippen LogP contribution in [0.4, 0.5) is 5.69 Å². The van der Waals surface area contributed by atoms with Crippen LogP contribution in [0, 0.1) is 11.3 Å². The third-order valence-electron chi connectivity index (χ3n) is 5.78. The van der Waals surface area contributed by atoms with Gasteiger partial charge >= 0.3 is 0 Å². The summed E-state index contributed by atoms with van der Waals surface area (Å²) in [6.45, 7) is 2.79. The fraction of sp³-hybridized carbons (Fsp3) is 0.556. The fourth-order valence-electron chi connectivity index (χ4n) is 4.09. The molecule has 24 heavy (non-hydrogen) atoms. The van der Waals surface area contributed by atoms with E-state index >= 15 is 0 Å². The zero-order valence-corrected chi connectivity index (χ0v) is 14.7. The highest BCUT2D eigenvalue weighted by molar-refractivity contribution is 6.00. The SMILES string of the molecule is CN1CCc2ccc(NC(=O)C3CC34CCNCC4)cc2C1=O.Cl. The molecule has 4 rings (SSSR count). The van der Waals surface area contributed by atoms with Crippen molar-refractivity contribution in [1.82, 2.24) is 10.2 Å². The number of nitrogens with one attached hydrogen (secondary N) is 2. The van der Waals surface area contributed by atoms with Crippen molar-refractivity contribution in [1.29, 1.82) is 0 Å². The lowest BCUT2D eigenvalue weighted by atomic mass is 9.91. The van der Waals surface area contributed by atoms with Crippen LogP contribution in [0.3, 0.4) is 0 Å². The molecule has 0 bridgehead atoms. The Labute approximate surface area is 148 Å². The molecule has 130 valence electrons. The second kappa shape index (κ2) is 6.37. The highest BCUT2D eigenvalue weighted by Gasteiger charge is 2.57. The molecule has 1 spiro atoms. The van der Waals surface area contributed by atoms with E-state index in [-0.39, 0.29) is 35.6 Å². The minimum Gasteiger partial charge on any atom is -0.341 e. The van der Waals surface area contributed by atoms with Crippen molar-refractivity contribution in [3.8, 4) is 0 Å². The lowest BCUT2D eigenvalue weighted by Gasteiger charge is -2.25. The molecular formula is C18H24ClN3O2. The van der Waals surface area contributed by atoms with E-state index < -0.39 is 0 Å². The number of piperidine rings is 1. The summed E-state index contributed by atoms with van der Waals surface area (Å²) in [4.78, 5) is 26.5. The molecule has 2 heterocycles. The Bertz CT molecular complexity index is 670. The van der Waals surface area contributed by atoms with Gasteiger partial charge in [-0.2, -0.15) is 0 Å². The monoisotopic (exact) mass is 349 g/mol. The first-order valence-corrected chi connectivity index (χ1v) is 8.49. The molecular weight excluding hydrogens is 326 g/mol. The Kier molecular flexibility index (Phi) is 4.58. The molecule has 1 saturated carbocycles. The van der Waals surface area contributed by atoms with E-state index in [4.69, 9.17) is 0 Å². The van der Waals surface area contributed by atoms with Gasteiger partial charge in [0, 0.05) is 30.8 Å². The van der Waals surface area contributed by atoms with Gasteiger partial charge in [0.2, 0.25) is 5.91 Å². The highest BCUT2D eigenvalue weighted by atomic mass is 35.5. The van der Waals surface area contributed by atoms with E-state index in [1.54, 1.807) is 4.90 Å². The van der Waals surface area contributed by atoms with Crippen LogP contribution in [0.1, 0.15) is 35.2 Å². The van der Waals surface area contributed by atoms with Crippen LogP contribution in [0.15, 0.2) is 18.2 Å². The van der Waals surface area contributed by atoms with Crippen LogP contribution in [-0.2, 0) is 11.2 Å². The van der Waals surface area contributed by atoms with Gasteiger partial charge in [0.1, 0.15) is 0 Å². The molecule has 1 saturated heterocycles. The Morgan fingerprint density at radius 2 is 2.08 bits per heavy atom. The summed E-state index contributed by atoms with van der Waals surface area (Å²) in [6.07, 6.45) is 4.08. The zero-order chi connectivity index (χ0) is 16.0. The van der Waals surface area contributed by atoms with Crippen LogP contribution < -0.4 is 10.6 Å². The summed E-state index contributed by atoms with van der Waals surface area (Å²) in [5, 5.41) is 6.39. The number of rotatable bonds is 2. The van der Waals surface area contributed by atoms with Gasteiger partial charge in [-0.05, 0) is 61.9 Å². The van der Waals surface area contributed by atoms with Crippen molar-refractivity contribution >= 4 is 29.9 Å². The molecule has 0 aromatic heterocycles. The maximum absolute atomic E-state index is 12.5. The second-order valence-electron chi connectivity index (χ2n) is 7.21. The summed E-state index contributed by atoms with van der Waals surface area (Å²) in [6, 6.07) is 5.73. The van der Waals surface area contributed by atoms with Gasteiger partial charge in [0.15, 0.2) is 0 Å². The molecule has 2 amide bonds. The molecule has 5 nitrogen and oxygen atoms in total. The van der Waals surface area contributed by atoms with Gasteiger partial charge in [-0.3, -0.25) is 9.59 Å². The van der Waals surface area contributed by atoms with Gasteiger partial charge in [-0.25, -0.2) is 0 Å². The number of hydrogen-bond donors (Lipinski definition) is 2. The molecule has 1 aromatic rings. The van der Waals surface area contributed by atoms with Gasteiger partial charge in [-0.15, -0.1) is 12.4 Å². The Morgan fingerprint density at radius 3 is 2.83 bits per heavy atom. The summed E-state index contributed by atoms with van der Waals surface area (Å²) < 4.78 is 0. The predicted molar refractivity (Wildman–Crippen MR) is 95.6 cm³/mol. The predicted octanol–water partition coefficient (Wildman–Crippen LogP) is 2.06. The van der Waals surface area contributed by atoms with Crippen molar-refractivity contribution in [2.24, 2.45) is 11.3 Å². The van der Waals surface area contributed by atoms with Gasteiger partial charge in [-0.1, -0.05) is 6.07 Å². The Hall–Kier alpha value is -1.59. The lowest BCUT2D eigenvalue weighted by Crippen LogP contribution is -2.34. The normalized spacial score (nSPS) is 24.1. The molecule has 1 atom stereocenters. The maximum atomic E-state index is 12.5. The van der Waals surface area contributed by atoms with Crippen LogP contribution in [0.2, 0.25) is 0 Å². The van der Waals surface area contributed by atoms with Gasteiger partial charge in [0.25, 0.3) is 5.91 Å². The van der Waals surface area contributed by atoms with Crippen LogP contribution in [0.25, 0.3) is 0 Å². The minimum absolute atomic E-state index is 0. The van der Waals surface area contributed by atoms with E-state index in [1.165, 1.54) is 0 Å². The second-order valence-corrected chi connectivity index (χ2v) is 7.21. The first kappa shape index (κ1) is 17.2.